The van der Waals surface area contributed by atoms with E-state index in [-0.39, 0.29) is 44.3 Å². The van der Waals surface area contributed by atoms with E-state index in [4.69, 9.17) is 5.73 Å². The second-order valence-corrected chi connectivity index (χ2v) is 13.6. The van der Waals surface area contributed by atoms with Crippen LogP contribution >= 0.6 is 0 Å². The molecule has 0 aliphatic rings. The fourth-order valence-electron chi connectivity index (χ4n) is 4.24. The van der Waals surface area contributed by atoms with Crippen LogP contribution in [0.3, 0.4) is 0 Å². The smallest absolute Gasteiger partial charge is 0.296 e. The number of benzene rings is 5. The number of phenolic OH excluding ortho intramolecular Hbond substituents is 2. The summed E-state index contributed by atoms with van der Waals surface area (Å²) in [7, 11) is -14.3. The van der Waals surface area contributed by atoms with E-state index >= 15 is 0 Å². The van der Waals surface area contributed by atoms with E-state index in [1.807, 2.05) is 0 Å². The highest BCUT2D eigenvalue weighted by atomic mass is 32.2. The zero-order valence-corrected chi connectivity index (χ0v) is 24.7. The van der Waals surface area contributed by atoms with Crippen LogP contribution in [-0.4, -0.2) is 49.1 Å². The fourth-order valence-corrected chi connectivity index (χ4v) is 5.90. The van der Waals surface area contributed by atoms with Crippen molar-refractivity contribution in [2.24, 2.45) is 20.5 Å². The Morgan fingerprint density at radius 1 is 0.533 bits per heavy atom. The number of hydrogen-bond donors (Lipinski definition) is 6. The molecule has 19 heteroatoms. The molecule has 0 spiro atoms. The molecule has 232 valence electrons. The van der Waals surface area contributed by atoms with Crippen molar-refractivity contribution in [3.05, 3.63) is 72.8 Å². The van der Waals surface area contributed by atoms with E-state index in [1.54, 1.807) is 0 Å². The molecule has 0 aliphatic carbocycles. The molecule has 5 aromatic carbocycles. The van der Waals surface area contributed by atoms with Gasteiger partial charge in [0.15, 0.2) is 5.75 Å². The third-order valence-corrected chi connectivity index (χ3v) is 8.93. The van der Waals surface area contributed by atoms with Gasteiger partial charge in [0.1, 0.15) is 22.0 Å². The minimum Gasteiger partial charge on any atom is -0.506 e. The minimum atomic E-state index is -4.95. The molecule has 16 nitrogen and oxygen atoms in total. The first-order valence-electron chi connectivity index (χ1n) is 12.1. The van der Waals surface area contributed by atoms with Gasteiger partial charge < -0.3 is 15.9 Å². The number of nitrogens with two attached hydrogens (primary N) is 1. The maximum atomic E-state index is 12.2. The van der Waals surface area contributed by atoms with Gasteiger partial charge >= 0.3 is 0 Å². The van der Waals surface area contributed by atoms with Crippen molar-refractivity contribution in [1.82, 2.24) is 0 Å². The highest BCUT2D eigenvalue weighted by molar-refractivity contribution is 7.86. The number of anilines is 1. The SMILES string of the molecule is Nc1ccc2cc(S(=O)(=O)O)c(/N=N/c3ccc(/N=N/c4cc(S(=O)(=O)O)ccc4O)c4ccc(S(=O)(=O)O)cc34)c(O)c2c1. The molecule has 0 atom stereocenters. The van der Waals surface area contributed by atoms with Gasteiger partial charge in [-0.2, -0.15) is 25.3 Å². The number of rotatable bonds is 7. The minimum absolute atomic E-state index is 0.0187. The molecule has 45 heavy (non-hydrogen) atoms. The molecule has 0 amide bonds. The fraction of sp³-hybridized carbons (Fsp3) is 0. The van der Waals surface area contributed by atoms with Gasteiger partial charge in [0.25, 0.3) is 30.4 Å². The van der Waals surface area contributed by atoms with E-state index in [1.165, 1.54) is 36.4 Å². The quantitative estimate of drug-likeness (QED) is 0.0704. The molecule has 0 radical (unpaired) electrons. The van der Waals surface area contributed by atoms with Crippen LogP contribution < -0.4 is 5.73 Å². The van der Waals surface area contributed by atoms with E-state index < -0.39 is 62.2 Å². The summed E-state index contributed by atoms with van der Waals surface area (Å²) in [5.74, 6) is -1.17. The summed E-state index contributed by atoms with van der Waals surface area (Å²) in [4.78, 5) is -1.93. The first kappa shape index (κ1) is 31.4. The van der Waals surface area contributed by atoms with Crippen molar-refractivity contribution >= 4 is 80.3 Å². The van der Waals surface area contributed by atoms with Crippen molar-refractivity contribution in [1.29, 1.82) is 0 Å². The summed E-state index contributed by atoms with van der Waals surface area (Å²) in [5.41, 5.74) is 4.90. The summed E-state index contributed by atoms with van der Waals surface area (Å²) in [6, 6.07) is 13.8. The van der Waals surface area contributed by atoms with Crippen molar-refractivity contribution in [2.75, 3.05) is 5.73 Å². The lowest BCUT2D eigenvalue weighted by molar-refractivity contribution is 0.472. The maximum absolute atomic E-state index is 12.2. The van der Waals surface area contributed by atoms with Gasteiger partial charge in [0.05, 0.1) is 21.2 Å². The zero-order chi connectivity index (χ0) is 32.9. The highest BCUT2D eigenvalue weighted by Crippen LogP contribution is 2.43. The van der Waals surface area contributed by atoms with Crippen LogP contribution in [0, 0.1) is 0 Å². The lowest BCUT2D eigenvalue weighted by atomic mass is 10.1. The Morgan fingerprint density at radius 3 is 1.76 bits per heavy atom. The van der Waals surface area contributed by atoms with Gasteiger partial charge in [-0.1, -0.05) is 12.1 Å². The number of fused-ring (bicyclic) bond motifs is 2. The van der Waals surface area contributed by atoms with Crippen molar-refractivity contribution < 1.29 is 49.1 Å². The van der Waals surface area contributed by atoms with Gasteiger partial charge in [-0.15, -0.1) is 20.5 Å². The molecule has 7 N–H and O–H groups in total. The van der Waals surface area contributed by atoms with E-state index in [0.29, 0.717) is 0 Å². The summed E-state index contributed by atoms with van der Waals surface area (Å²) < 4.78 is 99.8. The van der Waals surface area contributed by atoms with Gasteiger partial charge in [0.2, 0.25) is 0 Å². The van der Waals surface area contributed by atoms with E-state index in [0.717, 1.165) is 36.4 Å². The predicted molar refractivity (Wildman–Crippen MR) is 160 cm³/mol. The molecule has 5 aromatic rings. The molecule has 0 aromatic heterocycles. The Morgan fingerprint density at radius 2 is 1.11 bits per heavy atom. The van der Waals surface area contributed by atoms with Crippen molar-refractivity contribution in [3.63, 3.8) is 0 Å². The summed E-state index contributed by atoms with van der Waals surface area (Å²) in [5, 5.41) is 37.0. The summed E-state index contributed by atoms with van der Waals surface area (Å²) >= 11 is 0. The van der Waals surface area contributed by atoms with Crippen LogP contribution in [0.1, 0.15) is 0 Å². The second kappa shape index (κ2) is 11.1. The van der Waals surface area contributed by atoms with Gasteiger partial charge in [-0.05, 0) is 66.0 Å². The Balaban J connectivity index is 1.70. The molecule has 0 saturated carbocycles. The van der Waals surface area contributed by atoms with Crippen LogP contribution in [0.15, 0.2) is 108 Å². The molecule has 0 heterocycles. The normalized spacial score (nSPS) is 13.0. The average molecular weight is 674 g/mol. The Labute approximate surface area is 254 Å². The highest BCUT2D eigenvalue weighted by Gasteiger charge is 2.22. The molecular weight excluding hydrogens is 655 g/mol. The topological polar surface area (TPSA) is 279 Å². The average Bonchev–Trinajstić information content (AvgIpc) is 2.95. The number of nitrogens with zero attached hydrogens (tertiary/aromatic N) is 4. The van der Waals surface area contributed by atoms with E-state index in [9.17, 15) is 49.1 Å². The first-order valence-corrected chi connectivity index (χ1v) is 16.5. The molecule has 0 saturated heterocycles. The molecule has 0 aliphatic heterocycles. The van der Waals surface area contributed by atoms with Crippen molar-refractivity contribution in [3.8, 4) is 11.5 Å². The Bertz CT molecular complexity index is 2450. The Hall–Kier alpha value is -5.05. The first-order chi connectivity index (χ1) is 20.9. The summed E-state index contributed by atoms with van der Waals surface area (Å²) in [6.07, 6.45) is 0. The van der Waals surface area contributed by atoms with Gasteiger partial charge in [-0.25, -0.2) is 0 Å². The van der Waals surface area contributed by atoms with Crippen LogP contribution in [-0.2, 0) is 30.4 Å². The third kappa shape index (κ3) is 6.43. The zero-order valence-electron chi connectivity index (χ0n) is 22.2. The number of nitrogen functional groups attached to an aromatic ring is 1. The Kier molecular flexibility index (Phi) is 7.77. The molecular formula is C26H19N5O11S3. The molecule has 0 fully saturated rings. The summed E-state index contributed by atoms with van der Waals surface area (Å²) in [6.45, 7) is 0. The van der Waals surface area contributed by atoms with Gasteiger partial charge in [-0.3, -0.25) is 13.7 Å². The van der Waals surface area contributed by atoms with Crippen LogP contribution in [0.5, 0.6) is 11.5 Å². The van der Waals surface area contributed by atoms with Crippen LogP contribution in [0.4, 0.5) is 28.4 Å². The monoisotopic (exact) mass is 673 g/mol. The molecule has 0 bridgehead atoms. The van der Waals surface area contributed by atoms with Crippen molar-refractivity contribution in [2.45, 2.75) is 14.7 Å². The number of aromatic hydroxyl groups is 2. The van der Waals surface area contributed by atoms with Gasteiger partial charge in [0, 0.05) is 21.8 Å². The van der Waals surface area contributed by atoms with E-state index in [2.05, 4.69) is 20.5 Å². The largest absolute Gasteiger partial charge is 0.506 e. The van der Waals surface area contributed by atoms with Crippen LogP contribution in [0.2, 0.25) is 0 Å². The lowest BCUT2D eigenvalue weighted by Crippen LogP contribution is -1.99. The second-order valence-electron chi connectivity index (χ2n) is 9.34. The number of azo groups is 2. The van der Waals surface area contributed by atoms with Crippen LogP contribution in [0.25, 0.3) is 21.5 Å². The number of phenols is 2. The maximum Gasteiger partial charge on any atom is 0.296 e. The lowest BCUT2D eigenvalue weighted by Gasteiger charge is -2.10. The standard InChI is InChI=1S/C26H19N5O11S3/c27-14-2-1-13-9-24(45(40,41)42)25(26(33)18(13)10-14)31-29-21-7-6-20(17-5-3-15(11-19(17)21)43(34,35)36)28-30-22-12-16(44(37,38)39)4-8-23(22)32/h1-12,32-33H,27H2,(H,34,35,36)(H,37,38,39)(H,40,41,42)/b30-28+,31-29+. The molecule has 0 unspecified atom stereocenters. The predicted octanol–water partition coefficient (Wildman–Crippen LogP) is 5.56. The third-order valence-electron chi connectivity index (χ3n) is 6.36. The number of hydrogen-bond acceptors (Lipinski definition) is 13. The molecule has 5 rings (SSSR count).